The Kier molecular flexibility index (Phi) is 4.68. The number of nitrogens with zero attached hydrogens (tertiary/aromatic N) is 2. The standard InChI is InChI=1S/C17H25N3O/c1-11(2)14-7-6-12(3)10-16(14)21-17-15(8-9-18)13(4)19-20(17)5/h6-7,10-11H,8-9,18H2,1-5H3. The van der Waals surface area contributed by atoms with Gasteiger partial charge in [0.1, 0.15) is 5.75 Å². The molecule has 0 radical (unpaired) electrons. The van der Waals surface area contributed by atoms with Crippen LogP contribution in [0.2, 0.25) is 0 Å². The van der Waals surface area contributed by atoms with Crippen LogP contribution < -0.4 is 10.5 Å². The summed E-state index contributed by atoms with van der Waals surface area (Å²) in [5, 5.41) is 4.46. The number of hydrogen-bond acceptors (Lipinski definition) is 3. The lowest BCUT2D eigenvalue weighted by Gasteiger charge is -2.15. The van der Waals surface area contributed by atoms with E-state index in [4.69, 9.17) is 10.5 Å². The van der Waals surface area contributed by atoms with Crippen LogP contribution in [0, 0.1) is 13.8 Å². The number of nitrogens with two attached hydrogens (primary N) is 1. The molecule has 0 bridgehead atoms. The van der Waals surface area contributed by atoms with Gasteiger partial charge in [0.05, 0.1) is 5.69 Å². The van der Waals surface area contributed by atoms with E-state index in [1.807, 2.05) is 14.0 Å². The highest BCUT2D eigenvalue weighted by molar-refractivity contribution is 5.43. The summed E-state index contributed by atoms with van der Waals surface area (Å²) in [6.45, 7) is 9.01. The first-order valence-electron chi connectivity index (χ1n) is 7.45. The lowest BCUT2D eigenvalue weighted by molar-refractivity contribution is 0.419. The molecule has 2 rings (SSSR count). The van der Waals surface area contributed by atoms with E-state index in [-0.39, 0.29) is 0 Å². The Bertz CT molecular complexity index is 629. The van der Waals surface area contributed by atoms with E-state index in [0.717, 1.165) is 29.3 Å². The molecule has 1 aromatic heterocycles. The van der Waals surface area contributed by atoms with Crippen molar-refractivity contribution in [2.45, 2.75) is 40.0 Å². The van der Waals surface area contributed by atoms with Gasteiger partial charge in [0, 0.05) is 12.6 Å². The van der Waals surface area contributed by atoms with Gasteiger partial charge in [-0.1, -0.05) is 26.0 Å². The summed E-state index contributed by atoms with van der Waals surface area (Å²) in [5.41, 5.74) is 10.2. The first-order chi connectivity index (χ1) is 9.93. The lowest BCUT2D eigenvalue weighted by atomic mass is 10.0. The highest BCUT2D eigenvalue weighted by Gasteiger charge is 2.17. The summed E-state index contributed by atoms with van der Waals surface area (Å²) in [7, 11) is 1.91. The molecule has 0 saturated carbocycles. The maximum atomic E-state index is 6.23. The highest BCUT2D eigenvalue weighted by Crippen LogP contribution is 2.33. The zero-order valence-electron chi connectivity index (χ0n) is 13.6. The summed E-state index contributed by atoms with van der Waals surface area (Å²) in [4.78, 5) is 0. The van der Waals surface area contributed by atoms with E-state index >= 15 is 0 Å². The maximum Gasteiger partial charge on any atom is 0.221 e. The Morgan fingerprint density at radius 3 is 2.62 bits per heavy atom. The van der Waals surface area contributed by atoms with Crippen LogP contribution in [0.15, 0.2) is 18.2 Å². The smallest absolute Gasteiger partial charge is 0.221 e. The molecule has 114 valence electrons. The second-order valence-electron chi connectivity index (χ2n) is 5.83. The van der Waals surface area contributed by atoms with Crippen molar-refractivity contribution in [3.63, 3.8) is 0 Å². The number of hydrogen-bond donors (Lipinski definition) is 1. The summed E-state index contributed by atoms with van der Waals surface area (Å²) in [6, 6.07) is 6.35. The summed E-state index contributed by atoms with van der Waals surface area (Å²) >= 11 is 0. The minimum Gasteiger partial charge on any atom is -0.439 e. The van der Waals surface area contributed by atoms with Crippen molar-refractivity contribution >= 4 is 0 Å². The van der Waals surface area contributed by atoms with E-state index in [0.29, 0.717) is 12.5 Å². The zero-order chi connectivity index (χ0) is 15.6. The van der Waals surface area contributed by atoms with Crippen molar-refractivity contribution in [1.82, 2.24) is 9.78 Å². The van der Waals surface area contributed by atoms with Crippen LogP contribution in [0.1, 0.15) is 42.1 Å². The molecule has 2 aromatic rings. The third kappa shape index (κ3) is 3.27. The average Bonchev–Trinajstić information content (AvgIpc) is 2.66. The fourth-order valence-corrected chi connectivity index (χ4v) is 2.55. The van der Waals surface area contributed by atoms with Gasteiger partial charge in [-0.15, -0.1) is 0 Å². The molecule has 1 heterocycles. The Morgan fingerprint density at radius 2 is 2.00 bits per heavy atom. The zero-order valence-corrected chi connectivity index (χ0v) is 13.6. The van der Waals surface area contributed by atoms with Crippen LogP contribution in [0.25, 0.3) is 0 Å². The third-order valence-electron chi connectivity index (χ3n) is 3.68. The molecule has 0 aliphatic rings. The van der Waals surface area contributed by atoms with Crippen molar-refractivity contribution < 1.29 is 4.74 Å². The lowest BCUT2D eigenvalue weighted by Crippen LogP contribution is -2.05. The largest absolute Gasteiger partial charge is 0.439 e. The number of ether oxygens (including phenoxy) is 1. The van der Waals surface area contributed by atoms with E-state index in [2.05, 4.69) is 44.1 Å². The third-order valence-corrected chi connectivity index (χ3v) is 3.68. The van der Waals surface area contributed by atoms with Crippen molar-refractivity contribution in [2.75, 3.05) is 6.54 Å². The van der Waals surface area contributed by atoms with Gasteiger partial charge in [-0.25, -0.2) is 4.68 Å². The summed E-state index contributed by atoms with van der Waals surface area (Å²) in [5.74, 6) is 2.12. The summed E-state index contributed by atoms with van der Waals surface area (Å²) in [6.07, 6.45) is 0.776. The van der Waals surface area contributed by atoms with Crippen LogP contribution >= 0.6 is 0 Å². The van der Waals surface area contributed by atoms with Gasteiger partial charge in [0.15, 0.2) is 0 Å². The van der Waals surface area contributed by atoms with E-state index in [1.165, 1.54) is 11.1 Å². The minimum absolute atomic E-state index is 0.410. The first kappa shape index (κ1) is 15.6. The van der Waals surface area contributed by atoms with E-state index in [1.54, 1.807) is 4.68 Å². The Morgan fingerprint density at radius 1 is 1.29 bits per heavy atom. The van der Waals surface area contributed by atoms with Crippen molar-refractivity contribution in [2.24, 2.45) is 12.8 Å². The predicted octanol–water partition coefficient (Wildman–Crippen LogP) is 3.45. The van der Waals surface area contributed by atoms with Gasteiger partial charge in [-0.2, -0.15) is 5.10 Å². The molecule has 0 saturated heterocycles. The monoisotopic (exact) mass is 287 g/mol. The number of rotatable bonds is 5. The molecule has 0 aliphatic carbocycles. The number of benzene rings is 1. The van der Waals surface area contributed by atoms with E-state index < -0.39 is 0 Å². The average molecular weight is 287 g/mol. The molecular formula is C17H25N3O. The molecule has 1 aromatic carbocycles. The van der Waals surface area contributed by atoms with Gasteiger partial charge in [-0.05, 0) is 49.9 Å². The second kappa shape index (κ2) is 6.31. The predicted molar refractivity (Wildman–Crippen MR) is 86.0 cm³/mol. The van der Waals surface area contributed by atoms with Crippen molar-refractivity contribution in [3.8, 4) is 11.6 Å². The molecule has 4 nitrogen and oxygen atoms in total. The molecule has 0 fully saturated rings. The quantitative estimate of drug-likeness (QED) is 0.916. The second-order valence-corrected chi connectivity index (χ2v) is 5.83. The van der Waals surface area contributed by atoms with Gasteiger partial charge in [0.2, 0.25) is 5.88 Å². The van der Waals surface area contributed by atoms with Crippen molar-refractivity contribution in [3.05, 3.63) is 40.6 Å². The van der Waals surface area contributed by atoms with Crippen LogP contribution in [-0.2, 0) is 13.5 Å². The highest BCUT2D eigenvalue weighted by atomic mass is 16.5. The van der Waals surface area contributed by atoms with E-state index in [9.17, 15) is 0 Å². The number of aryl methyl sites for hydroxylation is 3. The SMILES string of the molecule is Cc1ccc(C(C)C)c(Oc2c(CCN)c(C)nn2C)c1. The molecule has 21 heavy (non-hydrogen) atoms. The summed E-state index contributed by atoms with van der Waals surface area (Å²) < 4.78 is 8.03. The normalized spacial score (nSPS) is 11.2. The van der Waals surface area contributed by atoms with Gasteiger partial charge in [0.25, 0.3) is 0 Å². The van der Waals surface area contributed by atoms with Crippen LogP contribution in [-0.4, -0.2) is 16.3 Å². The molecule has 0 atom stereocenters. The minimum atomic E-state index is 0.410. The van der Waals surface area contributed by atoms with Crippen LogP contribution in [0.5, 0.6) is 11.6 Å². The molecular weight excluding hydrogens is 262 g/mol. The Labute approximate surface area is 126 Å². The number of aromatic nitrogens is 2. The van der Waals surface area contributed by atoms with Crippen molar-refractivity contribution in [1.29, 1.82) is 0 Å². The first-order valence-corrected chi connectivity index (χ1v) is 7.45. The van der Waals surface area contributed by atoms with Gasteiger partial charge in [-0.3, -0.25) is 0 Å². The molecule has 0 aliphatic heterocycles. The Hall–Kier alpha value is -1.81. The molecule has 0 unspecified atom stereocenters. The van der Waals surface area contributed by atoms with Crippen LogP contribution in [0.4, 0.5) is 0 Å². The fraction of sp³-hybridized carbons (Fsp3) is 0.471. The molecule has 4 heteroatoms. The molecule has 2 N–H and O–H groups in total. The van der Waals surface area contributed by atoms with Gasteiger partial charge >= 0.3 is 0 Å². The fourth-order valence-electron chi connectivity index (χ4n) is 2.55. The molecule has 0 amide bonds. The topological polar surface area (TPSA) is 53.1 Å². The molecule has 0 spiro atoms. The van der Waals surface area contributed by atoms with Gasteiger partial charge < -0.3 is 10.5 Å². The van der Waals surface area contributed by atoms with Crippen LogP contribution in [0.3, 0.4) is 0 Å². The Balaban J connectivity index is 2.45. The maximum absolute atomic E-state index is 6.23.